The van der Waals surface area contributed by atoms with Crippen molar-refractivity contribution < 1.29 is 44.3 Å². The third kappa shape index (κ3) is 6.04. The number of halogens is 6. The predicted molar refractivity (Wildman–Crippen MR) is 161 cm³/mol. The molecule has 12 heteroatoms. The molecule has 0 aliphatic carbocycles. The molecule has 1 N–H and O–H groups in total. The van der Waals surface area contributed by atoms with Crippen LogP contribution in [0.25, 0.3) is 0 Å². The van der Waals surface area contributed by atoms with Crippen LogP contribution < -0.4 is 5.32 Å². The number of hydrogen-bond donors (Lipinski definition) is 1. The van der Waals surface area contributed by atoms with Crippen molar-refractivity contribution in [2.24, 2.45) is 0 Å². The van der Waals surface area contributed by atoms with E-state index in [-0.39, 0.29) is 36.6 Å². The summed E-state index contributed by atoms with van der Waals surface area (Å²) in [5.41, 5.74) is -5.99. The molecule has 0 spiro atoms. The highest BCUT2D eigenvalue weighted by atomic mass is 32.2. The number of hydrogen-bond acceptors (Lipinski definition) is 5. The minimum atomic E-state index is -5.17. The molecule has 0 amide bonds. The maximum atomic E-state index is 14.1. The van der Waals surface area contributed by atoms with Gasteiger partial charge in [0.2, 0.25) is 0 Å². The molecule has 2 aliphatic heterocycles. The highest BCUT2D eigenvalue weighted by Gasteiger charge is 2.66. The molecule has 2 bridgehead atoms. The molecule has 0 aromatic heterocycles. The van der Waals surface area contributed by atoms with Gasteiger partial charge < -0.3 is 4.74 Å². The van der Waals surface area contributed by atoms with Gasteiger partial charge >= 0.3 is 18.3 Å². The van der Waals surface area contributed by atoms with Gasteiger partial charge in [-0.05, 0) is 60.7 Å². The van der Waals surface area contributed by atoms with Gasteiger partial charge in [0.05, 0.1) is 32.4 Å². The van der Waals surface area contributed by atoms with Crippen LogP contribution in [0.1, 0.15) is 51.9 Å². The third-order valence-corrected chi connectivity index (χ3v) is 11.4. The molecule has 4 aromatic carbocycles. The normalized spacial score (nSPS) is 24.6. The zero-order valence-corrected chi connectivity index (χ0v) is 25.5. The number of carbonyl (C=O) groups excluding carboxylic acids is 1. The molecular formula is C35H29F6NO4S. The molecular weight excluding hydrogens is 644 g/mol. The summed E-state index contributed by atoms with van der Waals surface area (Å²) in [5, 5.41) is 2.49. The highest BCUT2D eigenvalue weighted by Crippen LogP contribution is 2.55. The van der Waals surface area contributed by atoms with E-state index in [0.717, 1.165) is 0 Å². The Bertz CT molecular complexity index is 1830. The molecule has 246 valence electrons. The van der Waals surface area contributed by atoms with Crippen molar-refractivity contribution in [3.05, 3.63) is 137 Å². The lowest BCUT2D eigenvalue weighted by atomic mass is 9.67. The molecule has 47 heavy (non-hydrogen) atoms. The van der Waals surface area contributed by atoms with Crippen molar-refractivity contribution in [1.82, 2.24) is 5.32 Å². The van der Waals surface area contributed by atoms with Crippen LogP contribution >= 0.6 is 0 Å². The number of esters is 1. The number of sulfone groups is 1. The maximum Gasteiger partial charge on any atom is 0.416 e. The summed E-state index contributed by atoms with van der Waals surface area (Å²) in [6.45, 7) is 0. The standard InChI is InChI=1S/C35H29F6NO4S/c36-34(37,38)26-18-24(19-27(20-26)35(39,40)41)31(43)46-32(21-23-10-4-1-5-11-23)17-16-29-30(47(44,45)28-14-8-3-9-15-28)22-33(32,42-29)25-12-6-2-7-13-25/h1-15,18-20,29-30,42H,16-17,21-22H2. The van der Waals surface area contributed by atoms with Crippen LogP contribution in [0.2, 0.25) is 0 Å². The van der Waals surface area contributed by atoms with Crippen LogP contribution in [-0.4, -0.2) is 31.3 Å². The van der Waals surface area contributed by atoms with Crippen LogP contribution in [0.15, 0.2) is 114 Å². The van der Waals surface area contributed by atoms with Crippen LogP contribution in [0, 0.1) is 0 Å². The Labute approximate surface area is 267 Å². The number of carbonyl (C=O) groups is 1. The largest absolute Gasteiger partial charge is 0.453 e. The van der Waals surface area contributed by atoms with Crippen molar-refractivity contribution in [2.75, 3.05) is 0 Å². The molecule has 4 atom stereocenters. The molecule has 6 rings (SSSR count). The smallest absolute Gasteiger partial charge is 0.416 e. The Hall–Kier alpha value is -4.16. The Kier molecular flexibility index (Phi) is 8.24. The van der Waals surface area contributed by atoms with E-state index in [9.17, 15) is 39.6 Å². The van der Waals surface area contributed by atoms with E-state index in [1.165, 1.54) is 12.1 Å². The molecule has 0 saturated carbocycles. The number of ether oxygens (including phenoxy) is 1. The predicted octanol–water partition coefficient (Wildman–Crippen LogP) is 7.76. The molecule has 0 radical (unpaired) electrons. The molecule has 2 heterocycles. The van der Waals surface area contributed by atoms with E-state index in [0.29, 0.717) is 23.3 Å². The first-order valence-corrected chi connectivity index (χ1v) is 16.4. The van der Waals surface area contributed by atoms with Crippen LogP contribution in [0.5, 0.6) is 0 Å². The van der Waals surface area contributed by atoms with Gasteiger partial charge in [-0.1, -0.05) is 78.9 Å². The summed E-state index contributed by atoms with van der Waals surface area (Å²) in [5.74, 6) is -1.39. The Morgan fingerprint density at radius 2 is 1.32 bits per heavy atom. The molecule has 4 aromatic rings. The fourth-order valence-electron chi connectivity index (χ4n) is 7.04. The number of benzene rings is 4. The van der Waals surface area contributed by atoms with E-state index in [1.807, 2.05) is 0 Å². The summed E-state index contributed by atoms with van der Waals surface area (Å²) in [4.78, 5) is 14.0. The lowest BCUT2D eigenvalue weighted by molar-refractivity contribution is -0.143. The van der Waals surface area contributed by atoms with Crippen LogP contribution in [0.3, 0.4) is 0 Å². The Balaban J connectivity index is 1.51. The SMILES string of the molecule is O=C(OC1(Cc2ccccc2)CCC2NC1(c1ccccc1)CC2S(=O)(=O)c1ccccc1)c1cc(C(F)(F)F)cc(C(F)(F)F)c1. The zero-order chi connectivity index (χ0) is 33.7. The van der Waals surface area contributed by atoms with Crippen molar-refractivity contribution in [2.45, 2.75) is 65.4 Å². The monoisotopic (exact) mass is 673 g/mol. The zero-order valence-electron chi connectivity index (χ0n) is 24.7. The van der Waals surface area contributed by atoms with Gasteiger partial charge in [0.25, 0.3) is 0 Å². The molecule has 4 unspecified atom stereocenters. The minimum absolute atomic E-state index is 0.00259. The highest BCUT2D eigenvalue weighted by molar-refractivity contribution is 7.92. The minimum Gasteiger partial charge on any atom is -0.453 e. The van der Waals surface area contributed by atoms with Gasteiger partial charge in [0.1, 0.15) is 5.60 Å². The number of rotatable bonds is 7. The quantitative estimate of drug-likeness (QED) is 0.161. The first kappa shape index (κ1) is 32.8. The molecule has 5 nitrogen and oxygen atoms in total. The van der Waals surface area contributed by atoms with Gasteiger partial charge in [0.15, 0.2) is 9.84 Å². The fraction of sp³-hybridized carbons (Fsp3) is 0.286. The number of fused-ring (bicyclic) bond motifs is 2. The third-order valence-electron chi connectivity index (χ3n) is 9.21. The summed E-state index contributed by atoms with van der Waals surface area (Å²) >= 11 is 0. The lowest BCUT2D eigenvalue weighted by Gasteiger charge is -2.51. The summed E-state index contributed by atoms with van der Waals surface area (Å²) in [7, 11) is -3.94. The Morgan fingerprint density at radius 3 is 1.87 bits per heavy atom. The molecule has 2 aliphatic rings. The summed E-state index contributed by atoms with van der Waals surface area (Å²) in [6.07, 6.45) is -10.2. The maximum absolute atomic E-state index is 14.1. The first-order valence-electron chi connectivity index (χ1n) is 14.8. The van der Waals surface area contributed by atoms with Crippen molar-refractivity contribution in [3.63, 3.8) is 0 Å². The average Bonchev–Trinajstić information content (AvgIpc) is 3.41. The molecule has 2 saturated heterocycles. The van der Waals surface area contributed by atoms with Crippen molar-refractivity contribution in [1.29, 1.82) is 0 Å². The van der Waals surface area contributed by atoms with Gasteiger partial charge in [-0.2, -0.15) is 26.3 Å². The lowest BCUT2D eigenvalue weighted by Crippen LogP contribution is -2.65. The summed E-state index contributed by atoms with van der Waals surface area (Å²) in [6, 6.07) is 25.4. The van der Waals surface area contributed by atoms with Crippen LogP contribution in [-0.2, 0) is 38.9 Å². The first-order chi connectivity index (χ1) is 22.1. The fourth-order valence-corrected chi connectivity index (χ4v) is 9.03. The van der Waals surface area contributed by atoms with Crippen LogP contribution in [0.4, 0.5) is 26.3 Å². The molecule has 2 fully saturated rings. The van der Waals surface area contributed by atoms with E-state index < -0.39 is 67.3 Å². The van der Waals surface area contributed by atoms with Gasteiger partial charge in [-0.25, -0.2) is 13.2 Å². The number of piperidine rings is 1. The van der Waals surface area contributed by atoms with E-state index >= 15 is 0 Å². The summed E-state index contributed by atoms with van der Waals surface area (Å²) < 4.78 is 117. The van der Waals surface area contributed by atoms with Gasteiger partial charge in [0, 0.05) is 12.5 Å². The topological polar surface area (TPSA) is 72.5 Å². The van der Waals surface area contributed by atoms with Gasteiger partial charge in [-0.3, -0.25) is 5.32 Å². The second-order valence-corrected chi connectivity index (χ2v) is 14.2. The second-order valence-electron chi connectivity index (χ2n) is 12.0. The number of alkyl halides is 6. The average molecular weight is 674 g/mol. The van der Waals surface area contributed by atoms with E-state index in [2.05, 4.69) is 5.32 Å². The Morgan fingerprint density at radius 1 is 0.787 bits per heavy atom. The van der Waals surface area contributed by atoms with E-state index in [4.69, 9.17) is 4.74 Å². The number of nitrogens with one attached hydrogen (secondary N) is 1. The van der Waals surface area contributed by atoms with Gasteiger partial charge in [-0.15, -0.1) is 0 Å². The van der Waals surface area contributed by atoms with Crippen molar-refractivity contribution >= 4 is 15.8 Å². The van der Waals surface area contributed by atoms with Crippen molar-refractivity contribution in [3.8, 4) is 0 Å². The van der Waals surface area contributed by atoms with E-state index in [1.54, 1.807) is 78.9 Å². The second kappa shape index (κ2) is 11.8.